The Morgan fingerprint density at radius 1 is 1.08 bits per heavy atom. The lowest BCUT2D eigenvalue weighted by Crippen LogP contribution is -2.14. The highest BCUT2D eigenvalue weighted by atomic mass is 16.1. The zero-order valence-electron chi connectivity index (χ0n) is 20.6. The normalized spacial score (nSPS) is 11.6. The number of hydrogen-bond donors (Lipinski definition) is 3. The molecule has 1 aromatic carbocycles. The van der Waals surface area contributed by atoms with Crippen LogP contribution in [0, 0.1) is 12.8 Å². The molecule has 37 heavy (non-hydrogen) atoms. The van der Waals surface area contributed by atoms with Crippen molar-refractivity contribution in [2.45, 2.75) is 27.2 Å². The first kappa shape index (κ1) is 22.6. The standard InChI is InChI=1S/C27H25N9O/c1-15(2)9-23(37)30-18-10-17(11-28-12-18)19-7-8-21-25(31-19)26(35-34-21)27-32-20-5-4-6-22(24(20)33-27)36-13-16(3)29-14-36/h4-8,10-15H,9H2,1-3H3,(H,30,37)(H,32,33)(H,34,35). The van der Waals surface area contributed by atoms with Crippen LogP contribution < -0.4 is 5.32 Å². The van der Waals surface area contributed by atoms with Gasteiger partial charge in [-0.2, -0.15) is 5.10 Å². The number of nitrogens with zero attached hydrogens (tertiary/aromatic N) is 6. The van der Waals surface area contributed by atoms with Crippen molar-refractivity contribution in [1.29, 1.82) is 0 Å². The predicted molar refractivity (Wildman–Crippen MR) is 142 cm³/mol. The van der Waals surface area contributed by atoms with Gasteiger partial charge < -0.3 is 14.9 Å². The third kappa shape index (κ3) is 4.33. The van der Waals surface area contributed by atoms with Gasteiger partial charge in [0.15, 0.2) is 11.5 Å². The van der Waals surface area contributed by atoms with Crippen molar-refractivity contribution < 1.29 is 4.79 Å². The number of aromatic amines is 2. The summed E-state index contributed by atoms with van der Waals surface area (Å²) in [4.78, 5) is 34.0. The highest BCUT2D eigenvalue weighted by molar-refractivity contribution is 5.94. The summed E-state index contributed by atoms with van der Waals surface area (Å²) in [5.74, 6) is 0.853. The number of benzene rings is 1. The van der Waals surface area contributed by atoms with E-state index in [2.05, 4.69) is 30.5 Å². The van der Waals surface area contributed by atoms with E-state index in [0.29, 0.717) is 34.8 Å². The van der Waals surface area contributed by atoms with E-state index >= 15 is 0 Å². The summed E-state index contributed by atoms with van der Waals surface area (Å²) in [5.41, 5.74) is 7.80. The molecule has 6 rings (SSSR count). The van der Waals surface area contributed by atoms with Gasteiger partial charge in [-0.1, -0.05) is 19.9 Å². The molecule has 10 heteroatoms. The Balaban J connectivity index is 1.38. The average Bonchev–Trinajstić information content (AvgIpc) is 3.60. The minimum atomic E-state index is -0.0374. The van der Waals surface area contributed by atoms with Gasteiger partial charge in [-0.25, -0.2) is 15.0 Å². The number of para-hydroxylation sites is 1. The molecular weight excluding hydrogens is 466 g/mol. The van der Waals surface area contributed by atoms with Crippen molar-refractivity contribution in [2.75, 3.05) is 5.32 Å². The van der Waals surface area contributed by atoms with E-state index in [4.69, 9.17) is 9.97 Å². The number of hydrogen-bond acceptors (Lipinski definition) is 6. The quantitative estimate of drug-likeness (QED) is 0.299. The molecule has 0 aliphatic heterocycles. The minimum Gasteiger partial charge on any atom is -0.336 e. The maximum atomic E-state index is 12.2. The first-order valence-electron chi connectivity index (χ1n) is 12.0. The van der Waals surface area contributed by atoms with Gasteiger partial charge in [0.05, 0.1) is 46.3 Å². The maximum absolute atomic E-state index is 12.2. The van der Waals surface area contributed by atoms with Gasteiger partial charge in [-0.3, -0.25) is 14.9 Å². The Kier molecular flexibility index (Phi) is 5.48. The van der Waals surface area contributed by atoms with Crippen LogP contribution in [0.2, 0.25) is 0 Å². The SMILES string of the molecule is Cc1cn(-c2cccc3[nH]c(-c4n[nH]c5ccc(-c6cncc(NC(=O)CC(C)C)c6)nc45)nc23)cn1. The number of nitrogens with one attached hydrogen (secondary N) is 3. The Morgan fingerprint density at radius 3 is 2.78 bits per heavy atom. The second-order valence-corrected chi connectivity index (χ2v) is 9.45. The number of fused-ring (bicyclic) bond motifs is 2. The molecular formula is C27H25N9O. The number of rotatable bonds is 6. The van der Waals surface area contributed by atoms with Gasteiger partial charge in [0.25, 0.3) is 0 Å². The van der Waals surface area contributed by atoms with Crippen LogP contribution in [-0.4, -0.2) is 45.6 Å². The van der Waals surface area contributed by atoms with Gasteiger partial charge in [0.1, 0.15) is 11.0 Å². The number of imidazole rings is 2. The van der Waals surface area contributed by atoms with Crippen molar-refractivity contribution in [1.82, 2.24) is 39.7 Å². The summed E-state index contributed by atoms with van der Waals surface area (Å²) in [6, 6.07) is 11.7. The summed E-state index contributed by atoms with van der Waals surface area (Å²) in [5, 5.41) is 10.5. The molecule has 0 aliphatic rings. The number of anilines is 1. The Hall–Kier alpha value is -4.86. The van der Waals surface area contributed by atoms with Crippen LogP contribution in [0.4, 0.5) is 5.69 Å². The van der Waals surface area contributed by atoms with Crippen molar-refractivity contribution >= 4 is 33.7 Å². The van der Waals surface area contributed by atoms with Crippen molar-refractivity contribution in [3.63, 3.8) is 0 Å². The topological polar surface area (TPSA) is 130 Å². The van der Waals surface area contributed by atoms with E-state index in [9.17, 15) is 4.79 Å². The summed E-state index contributed by atoms with van der Waals surface area (Å²) < 4.78 is 1.96. The van der Waals surface area contributed by atoms with E-state index < -0.39 is 0 Å². The fourth-order valence-electron chi connectivity index (χ4n) is 4.35. The molecule has 5 heterocycles. The Labute approximate surface area is 212 Å². The van der Waals surface area contributed by atoms with Crippen LogP contribution >= 0.6 is 0 Å². The van der Waals surface area contributed by atoms with Crippen molar-refractivity contribution in [3.05, 3.63) is 67.0 Å². The van der Waals surface area contributed by atoms with Gasteiger partial charge in [-0.15, -0.1) is 0 Å². The van der Waals surface area contributed by atoms with Gasteiger partial charge in [0, 0.05) is 24.4 Å². The lowest BCUT2D eigenvalue weighted by Gasteiger charge is -2.08. The summed E-state index contributed by atoms with van der Waals surface area (Å²) in [6.45, 7) is 5.98. The molecule has 0 bridgehead atoms. The lowest BCUT2D eigenvalue weighted by molar-refractivity contribution is -0.116. The van der Waals surface area contributed by atoms with Crippen LogP contribution in [0.1, 0.15) is 26.0 Å². The number of aryl methyl sites for hydroxylation is 1. The molecule has 0 unspecified atom stereocenters. The fraction of sp³-hybridized carbons (Fsp3) is 0.185. The second-order valence-electron chi connectivity index (χ2n) is 9.45. The third-order valence-electron chi connectivity index (χ3n) is 6.02. The molecule has 6 aromatic rings. The number of H-pyrrole nitrogens is 2. The predicted octanol–water partition coefficient (Wildman–Crippen LogP) is 5.04. The van der Waals surface area contributed by atoms with E-state index in [-0.39, 0.29) is 11.8 Å². The maximum Gasteiger partial charge on any atom is 0.224 e. The Morgan fingerprint density at radius 2 is 1.97 bits per heavy atom. The van der Waals surface area contributed by atoms with Crippen molar-refractivity contribution in [2.24, 2.45) is 5.92 Å². The van der Waals surface area contributed by atoms with Crippen molar-refractivity contribution in [3.8, 4) is 28.5 Å². The molecule has 3 N–H and O–H groups in total. The molecule has 0 atom stereocenters. The number of aromatic nitrogens is 8. The largest absolute Gasteiger partial charge is 0.336 e. The van der Waals surface area contributed by atoms with Crippen LogP contribution in [0.5, 0.6) is 0 Å². The van der Waals surface area contributed by atoms with Gasteiger partial charge in [0.2, 0.25) is 5.91 Å². The summed E-state index contributed by atoms with van der Waals surface area (Å²) in [7, 11) is 0. The zero-order chi connectivity index (χ0) is 25.5. The van der Waals surface area contributed by atoms with Crippen LogP contribution in [0.25, 0.3) is 50.5 Å². The molecule has 10 nitrogen and oxygen atoms in total. The van der Waals surface area contributed by atoms with E-state index in [1.165, 1.54) is 0 Å². The van der Waals surface area contributed by atoms with Crippen LogP contribution in [-0.2, 0) is 4.79 Å². The first-order valence-corrected chi connectivity index (χ1v) is 12.0. The van der Waals surface area contributed by atoms with E-state index in [1.807, 2.05) is 67.9 Å². The third-order valence-corrected chi connectivity index (χ3v) is 6.02. The first-order chi connectivity index (χ1) is 17.9. The van der Waals surface area contributed by atoms with E-state index in [0.717, 1.165) is 33.5 Å². The Bertz CT molecular complexity index is 1760. The average molecular weight is 492 g/mol. The minimum absolute atomic E-state index is 0.0374. The highest BCUT2D eigenvalue weighted by Crippen LogP contribution is 2.30. The van der Waals surface area contributed by atoms with Gasteiger partial charge in [-0.05, 0) is 43.2 Å². The number of pyridine rings is 2. The smallest absolute Gasteiger partial charge is 0.224 e. The summed E-state index contributed by atoms with van der Waals surface area (Å²) in [6.07, 6.45) is 7.56. The molecule has 5 aromatic heterocycles. The molecule has 0 saturated heterocycles. The molecule has 184 valence electrons. The number of amides is 1. The van der Waals surface area contributed by atoms with E-state index in [1.54, 1.807) is 18.7 Å². The molecule has 0 saturated carbocycles. The molecule has 0 fully saturated rings. The monoisotopic (exact) mass is 491 g/mol. The second kappa shape index (κ2) is 8.98. The summed E-state index contributed by atoms with van der Waals surface area (Å²) >= 11 is 0. The number of carbonyl (C=O) groups is 1. The fourth-order valence-corrected chi connectivity index (χ4v) is 4.35. The molecule has 1 amide bonds. The van der Waals surface area contributed by atoms with Crippen LogP contribution in [0.15, 0.2) is 61.3 Å². The van der Waals surface area contributed by atoms with Crippen LogP contribution in [0.3, 0.4) is 0 Å². The molecule has 0 radical (unpaired) electrons. The zero-order valence-corrected chi connectivity index (χ0v) is 20.6. The highest BCUT2D eigenvalue weighted by Gasteiger charge is 2.17. The number of carbonyl (C=O) groups excluding carboxylic acids is 1. The van der Waals surface area contributed by atoms with Gasteiger partial charge >= 0.3 is 0 Å². The molecule has 0 spiro atoms. The lowest BCUT2D eigenvalue weighted by atomic mass is 10.1. The molecule has 0 aliphatic carbocycles.